The lowest BCUT2D eigenvalue weighted by Crippen LogP contribution is -2.48. The van der Waals surface area contributed by atoms with Crippen LogP contribution in [0.2, 0.25) is 0 Å². The van der Waals surface area contributed by atoms with Crippen molar-refractivity contribution in [1.82, 2.24) is 9.80 Å². The maximum atomic E-state index is 12.2. The molecule has 0 unspecified atom stereocenters. The predicted octanol–water partition coefficient (Wildman–Crippen LogP) is 4.11. The molecule has 0 atom stereocenters. The van der Waals surface area contributed by atoms with Gasteiger partial charge < -0.3 is 34.8 Å². The van der Waals surface area contributed by atoms with Gasteiger partial charge in [0, 0.05) is 89.3 Å². The molecule has 2 fully saturated rings. The van der Waals surface area contributed by atoms with Crippen LogP contribution in [0.4, 0.5) is 22.7 Å². The Morgan fingerprint density at radius 1 is 0.667 bits per heavy atom. The van der Waals surface area contributed by atoms with E-state index < -0.39 is 28.1 Å². The molecule has 0 aliphatic carbocycles. The van der Waals surface area contributed by atoms with Crippen molar-refractivity contribution in [2.24, 2.45) is 0 Å². The van der Waals surface area contributed by atoms with Crippen LogP contribution in [-0.4, -0.2) is 102 Å². The van der Waals surface area contributed by atoms with E-state index in [-0.39, 0.29) is 23.1 Å². The zero-order valence-corrected chi connectivity index (χ0v) is 29.2. The first-order valence-corrected chi connectivity index (χ1v) is 15.9. The molecule has 2 heterocycles. The van der Waals surface area contributed by atoms with Crippen LogP contribution in [0.1, 0.15) is 76.1 Å². The summed E-state index contributed by atoms with van der Waals surface area (Å²) in [5, 5.41) is 11.4. The fourth-order valence-corrected chi connectivity index (χ4v) is 5.20. The highest BCUT2D eigenvalue weighted by Gasteiger charge is 2.28. The zero-order valence-electron chi connectivity index (χ0n) is 29.2. The molecule has 2 aromatic carbocycles. The van der Waals surface area contributed by atoms with Crippen LogP contribution in [0.15, 0.2) is 36.4 Å². The summed E-state index contributed by atoms with van der Waals surface area (Å²) in [4.78, 5) is 65.6. The maximum Gasteiger partial charge on any atom is 0.345 e. The Balaban J connectivity index is 0.000000261. The molecule has 2 aliphatic heterocycles. The van der Waals surface area contributed by atoms with Gasteiger partial charge >= 0.3 is 11.9 Å². The predicted molar refractivity (Wildman–Crippen MR) is 183 cm³/mol. The van der Waals surface area contributed by atoms with Crippen molar-refractivity contribution >= 4 is 46.5 Å². The zero-order chi connectivity index (χ0) is 36.0. The summed E-state index contributed by atoms with van der Waals surface area (Å²) in [6.45, 7) is 18.9. The van der Waals surface area contributed by atoms with E-state index in [0.717, 1.165) is 18.8 Å². The molecule has 2 amide bonds. The quantitative estimate of drug-likeness (QED) is 0.211. The van der Waals surface area contributed by atoms with E-state index in [1.807, 2.05) is 36.6 Å². The van der Waals surface area contributed by atoms with Crippen molar-refractivity contribution in [2.75, 3.05) is 67.9 Å². The lowest BCUT2D eigenvalue weighted by atomic mass is 10.1. The summed E-state index contributed by atoms with van der Waals surface area (Å²) >= 11 is 0. The number of ether oxygens (including phenoxy) is 2. The van der Waals surface area contributed by atoms with E-state index in [1.165, 1.54) is 19.1 Å². The summed E-state index contributed by atoms with van der Waals surface area (Å²) in [6.07, 6.45) is 0. The summed E-state index contributed by atoms with van der Waals surface area (Å²) < 4.78 is 10.6. The number of rotatable bonds is 5. The molecule has 2 aliphatic rings. The number of benzene rings is 2. The Morgan fingerprint density at radius 3 is 1.40 bits per heavy atom. The van der Waals surface area contributed by atoms with Gasteiger partial charge in [-0.05, 0) is 71.9 Å². The third-order valence-electron chi connectivity index (χ3n) is 7.63. The minimum absolute atomic E-state index is 0.0194. The molecule has 14 nitrogen and oxygen atoms in total. The molecule has 4 rings (SSSR count). The van der Waals surface area contributed by atoms with E-state index in [0.29, 0.717) is 56.2 Å². The highest BCUT2D eigenvalue weighted by Crippen LogP contribution is 2.29. The fourth-order valence-electron chi connectivity index (χ4n) is 5.20. The van der Waals surface area contributed by atoms with Gasteiger partial charge in [0.2, 0.25) is 11.8 Å². The Bertz CT molecular complexity index is 1510. The van der Waals surface area contributed by atoms with Crippen LogP contribution in [0.3, 0.4) is 0 Å². The molecule has 262 valence electrons. The van der Waals surface area contributed by atoms with Crippen molar-refractivity contribution < 1.29 is 33.6 Å². The molecule has 48 heavy (non-hydrogen) atoms. The molecule has 0 spiro atoms. The number of nitro benzene ring substituents is 1. The van der Waals surface area contributed by atoms with Crippen LogP contribution < -0.4 is 15.5 Å². The number of amides is 2. The third kappa shape index (κ3) is 10.6. The van der Waals surface area contributed by atoms with Crippen molar-refractivity contribution in [3.8, 4) is 0 Å². The number of hydrogen-bond donors (Lipinski definition) is 1. The van der Waals surface area contributed by atoms with Crippen molar-refractivity contribution in [2.45, 2.75) is 66.6 Å². The maximum absolute atomic E-state index is 12.2. The molecule has 0 saturated carbocycles. The molecule has 2 saturated heterocycles. The summed E-state index contributed by atoms with van der Waals surface area (Å²) in [7, 11) is 0. The molecule has 0 bridgehead atoms. The number of carbonyl (C=O) groups excluding carboxylic acids is 4. The number of carbonyl (C=O) groups is 4. The summed E-state index contributed by atoms with van der Waals surface area (Å²) in [5.74, 6) is -1.01. The molecule has 0 aromatic heterocycles. The van der Waals surface area contributed by atoms with E-state index >= 15 is 0 Å². The van der Waals surface area contributed by atoms with Crippen LogP contribution in [0.25, 0.3) is 0 Å². The Hall–Kier alpha value is -4.88. The Morgan fingerprint density at radius 2 is 1.04 bits per heavy atom. The van der Waals surface area contributed by atoms with Crippen LogP contribution in [0.5, 0.6) is 0 Å². The number of nitro groups is 1. The lowest BCUT2D eigenvalue weighted by molar-refractivity contribution is -0.385. The second-order valence-electron chi connectivity index (χ2n) is 13.7. The smallest absolute Gasteiger partial charge is 0.345 e. The number of nitrogen functional groups attached to an aromatic ring is 1. The topological polar surface area (TPSA) is 169 Å². The van der Waals surface area contributed by atoms with Gasteiger partial charge in [0.25, 0.3) is 5.69 Å². The van der Waals surface area contributed by atoms with E-state index in [1.54, 1.807) is 50.8 Å². The van der Waals surface area contributed by atoms with E-state index in [4.69, 9.17) is 15.2 Å². The highest BCUT2D eigenvalue weighted by molar-refractivity contribution is 5.96. The Kier molecular flexibility index (Phi) is 12.0. The normalized spacial score (nSPS) is 15.2. The number of esters is 2. The van der Waals surface area contributed by atoms with Crippen molar-refractivity contribution in [1.29, 1.82) is 0 Å². The average molecular weight is 669 g/mol. The van der Waals surface area contributed by atoms with Gasteiger partial charge in [-0.3, -0.25) is 19.7 Å². The fraction of sp³-hybridized carbons (Fsp3) is 0.529. The van der Waals surface area contributed by atoms with Crippen LogP contribution in [0, 0.1) is 10.1 Å². The molecular weight excluding hydrogens is 620 g/mol. The van der Waals surface area contributed by atoms with E-state index in [9.17, 15) is 29.3 Å². The first-order valence-electron chi connectivity index (χ1n) is 15.9. The SMILES string of the molecule is CC(=O)N1CCN(c2ccc(C(=O)OC(C)(C)C)c(N)c2)CC1.CC(=O)N1CCN(c2ccc(C(=O)OC(C)(C)C)c([N+](=O)[O-])c2)CC1. The number of nitrogens with two attached hydrogens (primary N) is 1. The highest BCUT2D eigenvalue weighted by atomic mass is 16.6. The molecular formula is C34H48N6O8. The largest absolute Gasteiger partial charge is 0.456 e. The van der Waals surface area contributed by atoms with Gasteiger partial charge in [-0.25, -0.2) is 9.59 Å². The third-order valence-corrected chi connectivity index (χ3v) is 7.63. The van der Waals surface area contributed by atoms with Gasteiger partial charge in [0.1, 0.15) is 16.8 Å². The number of nitrogens with zero attached hydrogens (tertiary/aromatic N) is 5. The van der Waals surface area contributed by atoms with Crippen LogP contribution >= 0.6 is 0 Å². The standard InChI is InChI=1S/C17H23N3O5.C17H25N3O3/c1-12(21)18-7-9-19(10-8-18)13-5-6-14(15(11-13)20(23)24)16(22)25-17(2,3)4;1-12(21)19-7-9-20(10-8-19)13-5-6-14(15(18)11-13)16(22)23-17(2,3)4/h5-6,11H,7-10H2,1-4H3;5-6,11H,7-10,18H2,1-4H3. The Labute approximate surface area is 281 Å². The van der Waals surface area contributed by atoms with E-state index in [2.05, 4.69) is 4.90 Å². The van der Waals surface area contributed by atoms with Gasteiger partial charge in [0.05, 0.1) is 10.5 Å². The summed E-state index contributed by atoms with van der Waals surface area (Å²) in [5.41, 5.74) is 6.81. The molecule has 14 heteroatoms. The first-order chi connectivity index (χ1) is 22.3. The number of piperazine rings is 2. The molecule has 0 radical (unpaired) electrons. The molecule has 2 aromatic rings. The lowest BCUT2D eigenvalue weighted by Gasteiger charge is -2.35. The monoisotopic (exact) mass is 668 g/mol. The van der Waals surface area contributed by atoms with Gasteiger partial charge in [0.15, 0.2) is 0 Å². The van der Waals surface area contributed by atoms with Crippen molar-refractivity contribution in [3.63, 3.8) is 0 Å². The number of anilines is 3. The number of hydrogen-bond acceptors (Lipinski definition) is 11. The minimum Gasteiger partial charge on any atom is -0.456 e. The average Bonchev–Trinajstić information content (AvgIpc) is 2.99. The van der Waals surface area contributed by atoms with Crippen LogP contribution in [-0.2, 0) is 19.1 Å². The van der Waals surface area contributed by atoms with Gasteiger partial charge in [-0.2, -0.15) is 0 Å². The van der Waals surface area contributed by atoms with Crippen molar-refractivity contribution in [3.05, 3.63) is 57.6 Å². The second-order valence-corrected chi connectivity index (χ2v) is 13.7. The minimum atomic E-state index is -0.730. The van der Waals surface area contributed by atoms with Gasteiger partial charge in [-0.15, -0.1) is 0 Å². The molecule has 2 N–H and O–H groups in total. The van der Waals surface area contributed by atoms with Gasteiger partial charge in [-0.1, -0.05) is 0 Å². The first kappa shape index (κ1) is 37.6. The summed E-state index contributed by atoms with van der Waals surface area (Å²) in [6, 6.07) is 9.87. The second kappa shape index (κ2) is 15.3.